The first-order chi connectivity index (χ1) is 15.4. The number of nitrogens with one attached hydrogen (secondary N) is 2. The van der Waals surface area contributed by atoms with Crippen molar-refractivity contribution in [3.8, 4) is 0 Å². The maximum atomic E-state index is 12.8. The lowest BCUT2D eigenvalue weighted by molar-refractivity contribution is -0.156. The van der Waals surface area contributed by atoms with Crippen molar-refractivity contribution in [2.24, 2.45) is 4.99 Å². The van der Waals surface area contributed by atoms with Gasteiger partial charge in [0.15, 0.2) is 6.61 Å². The maximum absolute atomic E-state index is 12.8. The Morgan fingerprint density at radius 3 is 2.47 bits per heavy atom. The predicted molar refractivity (Wildman–Crippen MR) is 120 cm³/mol. The second kappa shape index (κ2) is 9.12. The van der Waals surface area contributed by atoms with Crippen molar-refractivity contribution in [3.63, 3.8) is 0 Å². The van der Waals surface area contributed by atoms with E-state index in [-0.39, 0.29) is 4.90 Å². The molecule has 4 rings (SSSR count). The molecule has 1 aliphatic heterocycles. The van der Waals surface area contributed by atoms with Gasteiger partial charge in [-0.05, 0) is 43.0 Å². The minimum atomic E-state index is -3.79. The van der Waals surface area contributed by atoms with Gasteiger partial charge in [0.1, 0.15) is 5.84 Å². The molecule has 0 aromatic heterocycles. The van der Waals surface area contributed by atoms with Crippen LogP contribution in [0.25, 0.3) is 0 Å². The molecule has 1 amide bonds. The zero-order chi connectivity index (χ0) is 22.6. The number of amides is 1. The third-order valence-corrected chi connectivity index (χ3v) is 7.19. The lowest BCUT2D eigenvalue weighted by Crippen LogP contribution is -2.44. The molecule has 0 spiro atoms. The van der Waals surface area contributed by atoms with Crippen LogP contribution in [0.4, 0.5) is 5.69 Å². The molecule has 2 aromatic carbocycles. The van der Waals surface area contributed by atoms with Crippen molar-refractivity contribution in [2.75, 3.05) is 18.5 Å². The highest BCUT2D eigenvalue weighted by Crippen LogP contribution is 2.44. The number of carbonyl (C=O) groups excluding carboxylic acids is 2. The highest BCUT2D eigenvalue weighted by atomic mass is 32.2. The van der Waals surface area contributed by atoms with Crippen molar-refractivity contribution in [1.82, 2.24) is 4.72 Å². The third kappa shape index (κ3) is 4.67. The molecule has 0 bridgehead atoms. The van der Waals surface area contributed by atoms with Gasteiger partial charge in [-0.1, -0.05) is 42.8 Å². The normalized spacial score (nSPS) is 17.1. The fraction of sp³-hybridized carbons (Fsp3) is 0.348. The smallest absolute Gasteiger partial charge is 0.317 e. The van der Waals surface area contributed by atoms with E-state index in [9.17, 15) is 18.0 Å². The van der Waals surface area contributed by atoms with E-state index in [4.69, 9.17) is 4.74 Å². The van der Waals surface area contributed by atoms with Crippen molar-refractivity contribution < 1.29 is 22.7 Å². The Morgan fingerprint density at radius 1 is 1.03 bits per heavy atom. The summed E-state index contributed by atoms with van der Waals surface area (Å²) in [4.78, 5) is 29.2. The molecule has 0 radical (unpaired) electrons. The van der Waals surface area contributed by atoms with Crippen molar-refractivity contribution in [2.45, 2.75) is 42.4 Å². The molecule has 0 atom stereocenters. The topological polar surface area (TPSA) is 114 Å². The van der Waals surface area contributed by atoms with Gasteiger partial charge in [-0.2, -0.15) is 0 Å². The first-order valence-electron chi connectivity index (χ1n) is 10.6. The van der Waals surface area contributed by atoms with Crippen LogP contribution in [0.15, 0.2) is 64.5 Å². The second-order valence-electron chi connectivity index (χ2n) is 7.99. The molecule has 9 heteroatoms. The SMILES string of the molecule is O=C(COC(=O)C1(c2ccccc2)CCC1)Nc1cccc(S(=O)(=O)NC2=NCCC2)c1. The van der Waals surface area contributed by atoms with Crippen LogP contribution in [0.2, 0.25) is 0 Å². The number of amidine groups is 1. The van der Waals surface area contributed by atoms with Crippen molar-refractivity contribution >= 4 is 33.4 Å². The highest BCUT2D eigenvalue weighted by Gasteiger charge is 2.47. The average Bonchev–Trinajstić information content (AvgIpc) is 3.25. The summed E-state index contributed by atoms with van der Waals surface area (Å²) >= 11 is 0. The highest BCUT2D eigenvalue weighted by molar-refractivity contribution is 7.90. The summed E-state index contributed by atoms with van der Waals surface area (Å²) in [6.07, 6.45) is 3.72. The summed E-state index contributed by atoms with van der Waals surface area (Å²) in [5.41, 5.74) is 0.502. The lowest BCUT2D eigenvalue weighted by Gasteiger charge is -2.39. The zero-order valence-electron chi connectivity index (χ0n) is 17.5. The van der Waals surface area contributed by atoms with Gasteiger partial charge in [0.2, 0.25) is 0 Å². The van der Waals surface area contributed by atoms with Crippen molar-refractivity contribution in [1.29, 1.82) is 0 Å². The Kier molecular flexibility index (Phi) is 6.27. The molecule has 2 N–H and O–H groups in total. The molecule has 2 aromatic rings. The Morgan fingerprint density at radius 2 is 1.81 bits per heavy atom. The molecule has 32 heavy (non-hydrogen) atoms. The van der Waals surface area contributed by atoms with E-state index < -0.39 is 33.9 Å². The number of anilines is 1. The Bertz CT molecular complexity index is 1140. The van der Waals surface area contributed by atoms with Gasteiger partial charge < -0.3 is 10.1 Å². The molecule has 168 valence electrons. The van der Waals surface area contributed by atoms with Crippen LogP contribution in [0, 0.1) is 0 Å². The third-order valence-electron chi connectivity index (χ3n) is 5.81. The van der Waals surface area contributed by atoms with E-state index >= 15 is 0 Å². The molecule has 1 fully saturated rings. The number of nitrogens with zero attached hydrogens (tertiary/aromatic N) is 1. The van der Waals surface area contributed by atoms with Crippen LogP contribution in [0.1, 0.15) is 37.7 Å². The van der Waals surface area contributed by atoms with Gasteiger partial charge in [0, 0.05) is 18.7 Å². The summed E-state index contributed by atoms with van der Waals surface area (Å²) in [5, 5.41) is 2.59. The zero-order valence-corrected chi connectivity index (χ0v) is 18.4. The number of hydrogen-bond acceptors (Lipinski definition) is 6. The largest absolute Gasteiger partial charge is 0.455 e. The summed E-state index contributed by atoms with van der Waals surface area (Å²) in [5.74, 6) is -0.513. The van der Waals surface area contributed by atoms with E-state index in [1.165, 1.54) is 18.2 Å². The van der Waals surface area contributed by atoms with E-state index in [1.807, 2.05) is 30.3 Å². The number of benzene rings is 2. The summed E-state index contributed by atoms with van der Waals surface area (Å²) in [7, 11) is -3.79. The van der Waals surface area contributed by atoms with Gasteiger partial charge in [-0.25, -0.2) is 8.42 Å². The first kappa shape index (κ1) is 22.0. The van der Waals surface area contributed by atoms with Gasteiger partial charge in [-0.3, -0.25) is 19.3 Å². The molecule has 0 unspecified atom stereocenters. The number of rotatable bonds is 7. The molecule has 1 aliphatic carbocycles. The molecular weight excluding hydrogens is 430 g/mol. The van der Waals surface area contributed by atoms with Crippen molar-refractivity contribution in [3.05, 3.63) is 60.2 Å². The fourth-order valence-corrected chi connectivity index (χ4v) is 5.08. The second-order valence-corrected chi connectivity index (χ2v) is 9.67. The number of sulfonamides is 1. The Labute approximate surface area is 187 Å². The molecule has 0 saturated heterocycles. The Balaban J connectivity index is 1.36. The number of aliphatic imine (C=N–C) groups is 1. The van der Waals surface area contributed by atoms with Crippen LogP contribution in [0.5, 0.6) is 0 Å². The summed E-state index contributed by atoms with van der Waals surface area (Å²) < 4.78 is 32.9. The van der Waals surface area contributed by atoms with Gasteiger partial charge in [0.05, 0.1) is 10.3 Å². The maximum Gasteiger partial charge on any atom is 0.317 e. The minimum absolute atomic E-state index is 0.0133. The van der Waals surface area contributed by atoms with Crippen LogP contribution in [-0.2, 0) is 29.8 Å². The van der Waals surface area contributed by atoms with Crippen LogP contribution in [0.3, 0.4) is 0 Å². The molecule has 8 nitrogen and oxygen atoms in total. The monoisotopic (exact) mass is 455 g/mol. The lowest BCUT2D eigenvalue weighted by atomic mass is 9.64. The van der Waals surface area contributed by atoms with Crippen LogP contribution < -0.4 is 10.0 Å². The fourth-order valence-electron chi connectivity index (χ4n) is 3.94. The quantitative estimate of drug-likeness (QED) is 0.623. The number of hydrogen-bond donors (Lipinski definition) is 2. The minimum Gasteiger partial charge on any atom is -0.455 e. The summed E-state index contributed by atoms with van der Waals surface area (Å²) in [6, 6.07) is 15.3. The van der Waals surface area contributed by atoms with Crippen LogP contribution >= 0.6 is 0 Å². The van der Waals surface area contributed by atoms with Gasteiger partial charge in [-0.15, -0.1) is 0 Å². The van der Waals surface area contributed by atoms with E-state index in [0.29, 0.717) is 37.3 Å². The molecular formula is C23H25N3O5S. The predicted octanol–water partition coefficient (Wildman–Crippen LogP) is 2.76. The van der Waals surface area contributed by atoms with E-state index in [0.717, 1.165) is 18.4 Å². The first-order valence-corrected chi connectivity index (χ1v) is 12.1. The molecule has 1 saturated carbocycles. The standard InChI is InChI=1S/C23H25N3O5S/c27-21(16-31-22(28)23(12-6-13-23)17-7-2-1-3-8-17)25-18-9-4-10-19(15-18)32(29,30)26-20-11-5-14-24-20/h1-4,7-10,15H,5-6,11-14,16H2,(H,24,26)(H,25,27). The van der Waals surface area contributed by atoms with Gasteiger partial charge in [0.25, 0.3) is 15.9 Å². The van der Waals surface area contributed by atoms with Gasteiger partial charge >= 0.3 is 5.97 Å². The molecule has 1 heterocycles. The van der Waals surface area contributed by atoms with E-state index in [1.54, 1.807) is 6.07 Å². The average molecular weight is 456 g/mol. The number of carbonyl (C=O) groups is 2. The van der Waals surface area contributed by atoms with E-state index in [2.05, 4.69) is 15.0 Å². The number of ether oxygens (including phenoxy) is 1. The Hall–Kier alpha value is -3.20. The number of esters is 1. The summed E-state index contributed by atoms with van der Waals surface area (Å²) in [6.45, 7) is 0.164. The van der Waals surface area contributed by atoms with Crippen LogP contribution in [-0.4, -0.2) is 39.3 Å². The molecule has 2 aliphatic rings.